The molecule has 0 bridgehead atoms. The van der Waals surface area contributed by atoms with E-state index >= 15 is 0 Å². The minimum absolute atomic E-state index is 0.451. The van der Waals surface area contributed by atoms with E-state index in [1.807, 2.05) is 18.2 Å². The van der Waals surface area contributed by atoms with E-state index in [-0.39, 0.29) is 0 Å². The van der Waals surface area contributed by atoms with Crippen molar-refractivity contribution in [3.63, 3.8) is 0 Å². The average molecular weight is 227 g/mol. The molecule has 1 aliphatic heterocycles. The molecule has 0 saturated carbocycles. The quantitative estimate of drug-likeness (QED) is 0.829. The highest BCUT2D eigenvalue weighted by Gasteiger charge is 2.16. The fourth-order valence-electron chi connectivity index (χ4n) is 1.92. The molecule has 2 rings (SSSR count). The highest BCUT2D eigenvalue weighted by Crippen LogP contribution is 2.13. The van der Waals surface area contributed by atoms with Gasteiger partial charge in [0, 0.05) is 17.2 Å². The van der Waals surface area contributed by atoms with E-state index in [0.29, 0.717) is 6.10 Å². The Morgan fingerprint density at radius 1 is 1.40 bits per heavy atom. The number of hydrogen-bond acceptors (Lipinski definition) is 1. The number of benzene rings is 1. The summed E-state index contributed by atoms with van der Waals surface area (Å²) in [4.78, 5) is 0. The van der Waals surface area contributed by atoms with Crippen molar-refractivity contribution in [2.24, 2.45) is 0 Å². The van der Waals surface area contributed by atoms with Crippen LogP contribution in [0.1, 0.15) is 18.4 Å². The van der Waals surface area contributed by atoms with Gasteiger partial charge in [-0.1, -0.05) is 29.8 Å². The van der Waals surface area contributed by atoms with E-state index in [0.717, 1.165) is 24.7 Å². The molecule has 1 saturated heterocycles. The van der Waals surface area contributed by atoms with E-state index in [1.54, 1.807) is 0 Å². The van der Waals surface area contributed by atoms with Crippen molar-refractivity contribution in [3.05, 3.63) is 34.9 Å². The third-order valence-electron chi connectivity index (χ3n) is 2.78. The molecule has 1 fully saturated rings. The highest BCUT2D eigenvalue weighted by molar-refractivity contribution is 6.31. The van der Waals surface area contributed by atoms with Gasteiger partial charge >= 0.3 is 0 Å². The van der Waals surface area contributed by atoms with Gasteiger partial charge in [-0.05, 0) is 18.9 Å². The first-order chi connectivity index (χ1) is 7.36. The Kier molecular flexibility index (Phi) is 4.01. The van der Waals surface area contributed by atoms with E-state index in [4.69, 9.17) is 16.3 Å². The fraction of sp³-hybridized carbons (Fsp3) is 0.500. The fourth-order valence-corrected chi connectivity index (χ4v) is 2.13. The lowest BCUT2D eigenvalue weighted by Crippen LogP contribution is -2.84. The molecule has 1 heterocycles. The number of rotatable bonds is 4. The smallest absolute Gasteiger partial charge is 0.106 e. The van der Waals surface area contributed by atoms with Gasteiger partial charge in [0.2, 0.25) is 0 Å². The zero-order chi connectivity index (χ0) is 10.5. The normalized spacial score (nSPS) is 20.7. The Hall–Kier alpha value is -0.570. The van der Waals surface area contributed by atoms with Gasteiger partial charge in [-0.25, -0.2) is 0 Å². The van der Waals surface area contributed by atoms with Gasteiger partial charge in [-0.3, -0.25) is 0 Å². The molecule has 0 radical (unpaired) electrons. The maximum absolute atomic E-state index is 6.07. The summed E-state index contributed by atoms with van der Waals surface area (Å²) in [7, 11) is 0. The summed E-state index contributed by atoms with van der Waals surface area (Å²) >= 11 is 6.07. The number of halogens is 1. The van der Waals surface area contributed by atoms with Gasteiger partial charge in [0.15, 0.2) is 0 Å². The van der Waals surface area contributed by atoms with Crippen LogP contribution in [0.5, 0.6) is 0 Å². The van der Waals surface area contributed by atoms with Crippen molar-refractivity contribution >= 4 is 11.6 Å². The lowest BCUT2D eigenvalue weighted by atomic mass is 10.2. The summed E-state index contributed by atoms with van der Waals surface area (Å²) in [6.07, 6.45) is 2.87. The molecule has 0 unspecified atom stereocenters. The predicted molar refractivity (Wildman–Crippen MR) is 60.9 cm³/mol. The molecule has 1 aliphatic rings. The second-order valence-corrected chi connectivity index (χ2v) is 4.36. The summed E-state index contributed by atoms with van der Waals surface area (Å²) < 4.78 is 5.56. The minimum atomic E-state index is 0.451. The van der Waals surface area contributed by atoms with Crippen LogP contribution in [0.2, 0.25) is 5.02 Å². The van der Waals surface area contributed by atoms with Crippen LogP contribution in [0.3, 0.4) is 0 Å². The Bertz CT molecular complexity index is 310. The van der Waals surface area contributed by atoms with Crippen LogP contribution in [-0.2, 0) is 11.3 Å². The van der Waals surface area contributed by atoms with Gasteiger partial charge in [-0.15, -0.1) is 0 Å². The van der Waals surface area contributed by atoms with Crippen LogP contribution >= 0.6 is 11.6 Å². The summed E-state index contributed by atoms with van der Waals surface area (Å²) in [5, 5.41) is 3.14. The van der Waals surface area contributed by atoms with E-state index in [2.05, 4.69) is 11.4 Å². The standard InChI is InChI=1S/C12H16ClNO/c13-12-6-2-1-4-10(12)8-14-9-11-5-3-7-15-11/h1-2,4,6,11,14H,3,5,7-9H2/p+1/t11-/m0/s1. The Balaban J connectivity index is 1.75. The third kappa shape index (κ3) is 3.20. The van der Waals surface area contributed by atoms with Crippen molar-refractivity contribution in [3.8, 4) is 0 Å². The maximum atomic E-state index is 6.07. The van der Waals surface area contributed by atoms with E-state index < -0.39 is 0 Å². The van der Waals surface area contributed by atoms with Gasteiger partial charge in [0.05, 0.1) is 0 Å². The molecule has 82 valence electrons. The lowest BCUT2D eigenvalue weighted by Gasteiger charge is -2.08. The second kappa shape index (κ2) is 5.50. The van der Waals surface area contributed by atoms with Gasteiger partial charge in [-0.2, -0.15) is 0 Å². The van der Waals surface area contributed by atoms with Crippen molar-refractivity contribution in [2.45, 2.75) is 25.5 Å². The van der Waals surface area contributed by atoms with Crippen LogP contribution < -0.4 is 5.32 Å². The Morgan fingerprint density at radius 2 is 2.27 bits per heavy atom. The zero-order valence-electron chi connectivity index (χ0n) is 8.79. The molecule has 0 amide bonds. The highest BCUT2D eigenvalue weighted by atomic mass is 35.5. The zero-order valence-corrected chi connectivity index (χ0v) is 9.54. The summed E-state index contributed by atoms with van der Waals surface area (Å²) in [6.45, 7) is 2.93. The van der Waals surface area contributed by atoms with Gasteiger partial charge in [0.1, 0.15) is 19.2 Å². The van der Waals surface area contributed by atoms with Crippen molar-refractivity contribution < 1.29 is 10.1 Å². The molecule has 1 aromatic rings. The summed E-state index contributed by atoms with van der Waals surface area (Å²) in [5.74, 6) is 0. The molecule has 2 N–H and O–H groups in total. The maximum Gasteiger partial charge on any atom is 0.106 e. The molecule has 1 atom stereocenters. The van der Waals surface area contributed by atoms with Crippen molar-refractivity contribution in [1.82, 2.24) is 0 Å². The molecule has 0 aliphatic carbocycles. The lowest BCUT2D eigenvalue weighted by molar-refractivity contribution is -0.676. The van der Waals surface area contributed by atoms with Crippen molar-refractivity contribution in [1.29, 1.82) is 0 Å². The SMILES string of the molecule is Clc1ccccc1C[NH2+]C[C@@H]1CCCO1. The topological polar surface area (TPSA) is 25.8 Å². The van der Waals surface area contributed by atoms with Crippen LogP contribution in [0.25, 0.3) is 0 Å². The van der Waals surface area contributed by atoms with Gasteiger partial charge < -0.3 is 10.1 Å². The summed E-state index contributed by atoms with van der Waals surface area (Å²) in [5.41, 5.74) is 1.21. The van der Waals surface area contributed by atoms with Gasteiger partial charge in [0.25, 0.3) is 0 Å². The van der Waals surface area contributed by atoms with E-state index in [9.17, 15) is 0 Å². The average Bonchev–Trinajstić information content (AvgIpc) is 2.74. The molecule has 0 spiro atoms. The van der Waals surface area contributed by atoms with E-state index in [1.165, 1.54) is 18.4 Å². The first-order valence-corrected chi connectivity index (χ1v) is 5.91. The van der Waals surface area contributed by atoms with Crippen LogP contribution in [0, 0.1) is 0 Å². The Morgan fingerprint density at radius 3 is 3.00 bits per heavy atom. The van der Waals surface area contributed by atoms with Crippen molar-refractivity contribution in [2.75, 3.05) is 13.2 Å². The number of quaternary nitrogens is 1. The van der Waals surface area contributed by atoms with Crippen LogP contribution in [0.15, 0.2) is 24.3 Å². The molecule has 2 nitrogen and oxygen atoms in total. The molecule has 15 heavy (non-hydrogen) atoms. The second-order valence-electron chi connectivity index (χ2n) is 3.95. The summed E-state index contributed by atoms with van der Waals surface area (Å²) in [6, 6.07) is 8.01. The molecular weight excluding hydrogens is 210 g/mol. The number of ether oxygens (including phenoxy) is 1. The first kappa shape index (κ1) is 10.9. The Labute approximate surface area is 95.6 Å². The first-order valence-electron chi connectivity index (χ1n) is 5.53. The molecule has 1 aromatic carbocycles. The van der Waals surface area contributed by atoms with Crippen LogP contribution in [-0.4, -0.2) is 19.3 Å². The minimum Gasteiger partial charge on any atom is -0.372 e. The van der Waals surface area contributed by atoms with Crippen LogP contribution in [0.4, 0.5) is 0 Å². The molecule has 3 heteroatoms. The number of nitrogens with two attached hydrogens (primary N) is 1. The molecular formula is C12H17ClNO+. The monoisotopic (exact) mass is 226 g/mol. The molecule has 0 aromatic heterocycles. The predicted octanol–water partition coefficient (Wildman–Crippen LogP) is 1.58. The number of hydrogen-bond donors (Lipinski definition) is 1. The largest absolute Gasteiger partial charge is 0.372 e. The third-order valence-corrected chi connectivity index (χ3v) is 3.14.